The number of nitrogens with one attached hydrogen (secondary N) is 1. The number of benzene rings is 1. The van der Waals surface area contributed by atoms with Gasteiger partial charge in [-0.25, -0.2) is 0 Å². The highest BCUT2D eigenvalue weighted by molar-refractivity contribution is 5.86. The predicted molar refractivity (Wildman–Crippen MR) is 74.1 cm³/mol. The molecule has 1 saturated carbocycles. The van der Waals surface area contributed by atoms with Gasteiger partial charge in [-0.1, -0.05) is 17.3 Å². The highest BCUT2D eigenvalue weighted by Gasteiger charge is 2.21. The number of hydrogen-bond donors (Lipinski definition) is 2. The number of amides is 1. The zero-order valence-electron chi connectivity index (χ0n) is 11.2. The fourth-order valence-electron chi connectivity index (χ4n) is 2.72. The van der Waals surface area contributed by atoms with E-state index in [1.165, 1.54) is 0 Å². The van der Waals surface area contributed by atoms with Gasteiger partial charge in [0, 0.05) is 11.4 Å². The van der Waals surface area contributed by atoms with Gasteiger partial charge in [0.15, 0.2) is 5.58 Å². The molecule has 20 heavy (non-hydrogen) atoms. The molecule has 1 heterocycles. The van der Waals surface area contributed by atoms with Crippen molar-refractivity contribution in [3.63, 3.8) is 0 Å². The van der Waals surface area contributed by atoms with Gasteiger partial charge in [0.2, 0.25) is 5.91 Å². The molecule has 106 valence electrons. The maximum atomic E-state index is 12.0. The zero-order chi connectivity index (χ0) is 13.9. The number of nitrogens with zero attached hydrogens (tertiary/aromatic N) is 1. The van der Waals surface area contributed by atoms with Crippen LogP contribution in [0.25, 0.3) is 11.0 Å². The van der Waals surface area contributed by atoms with Gasteiger partial charge in [0.05, 0.1) is 12.5 Å². The molecule has 0 atom stereocenters. The Bertz CT molecular complexity index is 600. The number of aliphatic hydroxyl groups is 1. The summed E-state index contributed by atoms with van der Waals surface area (Å²) in [5.41, 5.74) is 1.38. The summed E-state index contributed by atoms with van der Waals surface area (Å²) in [6.45, 7) is 0. The average molecular weight is 274 g/mol. The van der Waals surface area contributed by atoms with Crippen LogP contribution in [0.5, 0.6) is 0 Å². The first-order valence-corrected chi connectivity index (χ1v) is 7.03. The molecule has 0 aliphatic heterocycles. The van der Waals surface area contributed by atoms with Crippen LogP contribution in [-0.4, -0.2) is 28.3 Å². The molecule has 0 radical (unpaired) electrons. The summed E-state index contributed by atoms with van der Waals surface area (Å²) in [4.78, 5) is 12.0. The Balaban J connectivity index is 1.61. The second-order valence-electron chi connectivity index (χ2n) is 5.38. The average Bonchev–Trinajstić information content (AvgIpc) is 2.85. The molecule has 1 aromatic heterocycles. The van der Waals surface area contributed by atoms with Gasteiger partial charge in [0.25, 0.3) is 0 Å². The molecule has 1 aliphatic rings. The molecule has 5 heteroatoms. The van der Waals surface area contributed by atoms with E-state index in [-0.39, 0.29) is 24.5 Å². The maximum absolute atomic E-state index is 12.0. The van der Waals surface area contributed by atoms with Crippen LogP contribution in [0.3, 0.4) is 0 Å². The number of rotatable bonds is 3. The Morgan fingerprint density at radius 1 is 1.30 bits per heavy atom. The lowest BCUT2D eigenvalue weighted by Gasteiger charge is -2.26. The van der Waals surface area contributed by atoms with E-state index in [1.54, 1.807) is 0 Å². The van der Waals surface area contributed by atoms with E-state index in [9.17, 15) is 9.90 Å². The Morgan fingerprint density at radius 3 is 2.85 bits per heavy atom. The van der Waals surface area contributed by atoms with Crippen molar-refractivity contribution in [2.75, 3.05) is 0 Å². The number of carbonyl (C=O) groups is 1. The molecule has 3 rings (SSSR count). The molecular weight excluding hydrogens is 256 g/mol. The summed E-state index contributed by atoms with van der Waals surface area (Å²) in [7, 11) is 0. The highest BCUT2D eigenvalue weighted by atomic mass is 16.5. The van der Waals surface area contributed by atoms with Crippen LogP contribution in [0, 0.1) is 0 Å². The highest BCUT2D eigenvalue weighted by Crippen LogP contribution is 2.20. The molecule has 1 aliphatic carbocycles. The molecule has 0 saturated heterocycles. The molecule has 1 fully saturated rings. The first-order chi connectivity index (χ1) is 9.72. The monoisotopic (exact) mass is 274 g/mol. The fraction of sp³-hybridized carbons (Fsp3) is 0.467. The number of aliphatic hydroxyl groups excluding tert-OH is 1. The van der Waals surface area contributed by atoms with Gasteiger partial charge >= 0.3 is 0 Å². The third-order valence-corrected chi connectivity index (χ3v) is 3.84. The molecular formula is C15H18N2O3. The molecule has 1 amide bonds. The van der Waals surface area contributed by atoms with Crippen LogP contribution in [0.15, 0.2) is 28.8 Å². The lowest BCUT2D eigenvalue weighted by Crippen LogP contribution is -2.39. The minimum absolute atomic E-state index is 0.0366. The van der Waals surface area contributed by atoms with Crippen LogP contribution < -0.4 is 5.32 Å². The maximum Gasteiger partial charge on any atom is 0.226 e. The molecule has 1 aromatic carbocycles. The van der Waals surface area contributed by atoms with Crippen molar-refractivity contribution < 1.29 is 14.4 Å². The third-order valence-electron chi connectivity index (χ3n) is 3.84. The van der Waals surface area contributed by atoms with Crippen LogP contribution in [0.4, 0.5) is 0 Å². The van der Waals surface area contributed by atoms with Gasteiger partial charge in [0.1, 0.15) is 5.69 Å². The van der Waals surface area contributed by atoms with E-state index in [2.05, 4.69) is 10.5 Å². The minimum atomic E-state index is -0.206. The molecule has 2 aromatic rings. The van der Waals surface area contributed by atoms with Crippen LogP contribution in [0.1, 0.15) is 31.4 Å². The predicted octanol–water partition coefficient (Wildman–Crippen LogP) is 1.79. The Morgan fingerprint density at radius 2 is 2.05 bits per heavy atom. The van der Waals surface area contributed by atoms with Gasteiger partial charge in [-0.3, -0.25) is 4.79 Å². The van der Waals surface area contributed by atoms with Crippen molar-refractivity contribution in [1.29, 1.82) is 0 Å². The van der Waals surface area contributed by atoms with E-state index < -0.39 is 0 Å². The van der Waals surface area contributed by atoms with Crippen molar-refractivity contribution in [1.82, 2.24) is 10.5 Å². The summed E-state index contributed by atoms with van der Waals surface area (Å²) < 4.78 is 5.19. The largest absolute Gasteiger partial charge is 0.393 e. The first-order valence-electron chi connectivity index (χ1n) is 7.03. The van der Waals surface area contributed by atoms with Crippen LogP contribution >= 0.6 is 0 Å². The number of fused-ring (bicyclic) bond motifs is 1. The van der Waals surface area contributed by atoms with Crippen LogP contribution in [-0.2, 0) is 11.2 Å². The van der Waals surface area contributed by atoms with Gasteiger partial charge < -0.3 is 14.9 Å². The van der Waals surface area contributed by atoms with Gasteiger partial charge in [-0.15, -0.1) is 0 Å². The van der Waals surface area contributed by atoms with Crippen molar-refractivity contribution in [2.24, 2.45) is 0 Å². The third kappa shape index (κ3) is 2.82. The summed E-state index contributed by atoms with van der Waals surface area (Å²) in [5, 5.41) is 17.3. The lowest BCUT2D eigenvalue weighted by atomic mass is 9.93. The quantitative estimate of drug-likeness (QED) is 0.894. The van der Waals surface area contributed by atoms with Crippen molar-refractivity contribution in [3.05, 3.63) is 30.0 Å². The van der Waals surface area contributed by atoms with E-state index >= 15 is 0 Å². The topological polar surface area (TPSA) is 75.4 Å². The Hall–Kier alpha value is -1.88. The number of aromatic nitrogens is 1. The molecule has 5 nitrogen and oxygen atoms in total. The van der Waals surface area contributed by atoms with Gasteiger partial charge in [-0.05, 0) is 37.8 Å². The molecule has 0 bridgehead atoms. The second-order valence-corrected chi connectivity index (χ2v) is 5.38. The van der Waals surface area contributed by atoms with Gasteiger partial charge in [-0.2, -0.15) is 0 Å². The molecule has 0 spiro atoms. The Kier molecular flexibility index (Phi) is 3.69. The summed E-state index contributed by atoms with van der Waals surface area (Å²) in [6, 6.07) is 7.70. The summed E-state index contributed by atoms with van der Waals surface area (Å²) >= 11 is 0. The van der Waals surface area contributed by atoms with Crippen molar-refractivity contribution in [3.8, 4) is 0 Å². The van der Waals surface area contributed by atoms with E-state index in [1.807, 2.05) is 24.3 Å². The zero-order valence-corrected chi connectivity index (χ0v) is 11.2. The molecule has 2 N–H and O–H groups in total. The minimum Gasteiger partial charge on any atom is -0.393 e. The molecule has 0 unspecified atom stereocenters. The summed E-state index contributed by atoms with van der Waals surface area (Å²) in [5.74, 6) is -0.0366. The normalized spacial score (nSPS) is 22.9. The number of hydrogen-bond acceptors (Lipinski definition) is 4. The first kappa shape index (κ1) is 13.1. The van der Waals surface area contributed by atoms with Crippen molar-refractivity contribution in [2.45, 2.75) is 44.2 Å². The number of para-hydroxylation sites is 1. The fourth-order valence-corrected chi connectivity index (χ4v) is 2.72. The standard InChI is InChI=1S/C15H18N2O3/c18-11-7-5-10(6-8-11)16-15(19)9-13-12-3-1-2-4-14(12)20-17-13/h1-4,10-11,18H,5-9H2,(H,16,19). The Labute approximate surface area is 116 Å². The SMILES string of the molecule is O=C(Cc1noc2ccccc12)NC1CCC(O)CC1. The number of carbonyl (C=O) groups excluding carboxylic acids is 1. The second kappa shape index (κ2) is 5.63. The van der Waals surface area contributed by atoms with E-state index in [4.69, 9.17) is 4.52 Å². The smallest absolute Gasteiger partial charge is 0.226 e. The van der Waals surface area contributed by atoms with Crippen LogP contribution in [0.2, 0.25) is 0 Å². The van der Waals surface area contributed by atoms with E-state index in [0.29, 0.717) is 11.3 Å². The lowest BCUT2D eigenvalue weighted by molar-refractivity contribution is -0.121. The van der Waals surface area contributed by atoms with E-state index in [0.717, 1.165) is 31.1 Å². The van der Waals surface area contributed by atoms with Crippen molar-refractivity contribution >= 4 is 16.9 Å². The summed E-state index contributed by atoms with van der Waals surface area (Å²) in [6.07, 6.45) is 3.23.